The third kappa shape index (κ3) is 5.46. The molecule has 0 amide bonds. The van der Waals surface area contributed by atoms with Gasteiger partial charge in [0.15, 0.2) is 0 Å². The fourth-order valence-electron chi connectivity index (χ4n) is 3.70. The first-order valence-electron chi connectivity index (χ1n) is 10.8. The van der Waals surface area contributed by atoms with Gasteiger partial charge < -0.3 is 19.6 Å². The molecule has 31 heavy (non-hydrogen) atoms. The first-order valence-corrected chi connectivity index (χ1v) is 11.6. The largest absolute Gasteiger partial charge is 0.507 e. The molecular formula is C24H33N3O3S. The molecule has 168 valence electrons. The van der Waals surface area contributed by atoms with E-state index in [0.29, 0.717) is 16.1 Å². The summed E-state index contributed by atoms with van der Waals surface area (Å²) in [7, 11) is 2.08. The van der Waals surface area contributed by atoms with Crippen LogP contribution in [0, 0.1) is 0 Å². The van der Waals surface area contributed by atoms with Crippen molar-refractivity contribution < 1.29 is 14.6 Å². The summed E-state index contributed by atoms with van der Waals surface area (Å²) in [6.45, 7) is 13.2. The number of phenols is 1. The molecule has 0 saturated heterocycles. The molecule has 0 saturated carbocycles. The van der Waals surface area contributed by atoms with E-state index < -0.39 is 5.60 Å². The number of likely N-dealkylation sites (N-methyl/N-ethyl adjacent to an activating group) is 1. The van der Waals surface area contributed by atoms with Crippen LogP contribution in [-0.4, -0.2) is 54.5 Å². The van der Waals surface area contributed by atoms with Gasteiger partial charge in [-0.1, -0.05) is 0 Å². The number of benzene rings is 1. The standard InChI is InChI=1S/C24H33N3O3S/c1-7-27(8-2)17-10-9-16(19(28)13-17)14-25-22-21(23(29)30-24(3,4)5)18-11-12-26(6)15-20(18)31-22/h9-10,13-14,28H,7-8,11-12,15H2,1-6H3. The summed E-state index contributed by atoms with van der Waals surface area (Å²) in [5.74, 6) is -0.157. The van der Waals surface area contributed by atoms with Crippen LogP contribution in [-0.2, 0) is 17.7 Å². The lowest BCUT2D eigenvalue weighted by atomic mass is 10.0. The first-order chi connectivity index (χ1) is 14.6. The number of fused-ring (bicyclic) bond motifs is 1. The normalized spacial score (nSPS) is 14.6. The predicted molar refractivity (Wildman–Crippen MR) is 128 cm³/mol. The molecule has 0 unspecified atom stereocenters. The highest BCUT2D eigenvalue weighted by Crippen LogP contribution is 2.40. The number of aromatic hydroxyl groups is 1. The number of rotatable bonds is 6. The van der Waals surface area contributed by atoms with E-state index >= 15 is 0 Å². The minimum absolute atomic E-state index is 0.174. The van der Waals surface area contributed by atoms with Crippen LogP contribution < -0.4 is 4.90 Å². The lowest BCUT2D eigenvalue weighted by Gasteiger charge is -2.23. The number of nitrogens with zero attached hydrogens (tertiary/aromatic N) is 3. The highest BCUT2D eigenvalue weighted by atomic mass is 32.1. The Morgan fingerprint density at radius 3 is 2.65 bits per heavy atom. The lowest BCUT2D eigenvalue weighted by molar-refractivity contribution is 0.00694. The van der Waals surface area contributed by atoms with Crippen LogP contribution >= 0.6 is 11.3 Å². The van der Waals surface area contributed by atoms with E-state index in [1.807, 2.05) is 32.9 Å². The molecule has 1 aromatic heterocycles. The monoisotopic (exact) mass is 443 g/mol. The summed E-state index contributed by atoms with van der Waals surface area (Å²) in [6.07, 6.45) is 2.44. The number of thiophene rings is 1. The van der Waals surface area contributed by atoms with Crippen LogP contribution in [0.4, 0.5) is 10.7 Å². The minimum atomic E-state index is -0.573. The number of anilines is 1. The van der Waals surface area contributed by atoms with Gasteiger partial charge in [-0.3, -0.25) is 0 Å². The number of carbonyl (C=O) groups is 1. The fourth-order valence-corrected chi connectivity index (χ4v) is 4.96. The second-order valence-corrected chi connectivity index (χ2v) is 9.93. The van der Waals surface area contributed by atoms with Crippen LogP contribution in [0.25, 0.3) is 0 Å². The Bertz CT molecular complexity index is 971. The molecule has 0 aliphatic carbocycles. The topological polar surface area (TPSA) is 65.4 Å². The van der Waals surface area contributed by atoms with Crippen LogP contribution in [0.3, 0.4) is 0 Å². The maximum absolute atomic E-state index is 13.0. The Balaban J connectivity index is 1.95. The molecular weight excluding hydrogens is 410 g/mol. The summed E-state index contributed by atoms with van der Waals surface area (Å²) in [6, 6.07) is 5.61. The molecule has 1 N–H and O–H groups in total. The second kappa shape index (κ2) is 9.40. The van der Waals surface area contributed by atoms with E-state index in [9.17, 15) is 9.90 Å². The number of hydrogen-bond donors (Lipinski definition) is 1. The molecule has 0 radical (unpaired) electrons. The predicted octanol–water partition coefficient (Wildman–Crippen LogP) is 4.99. The van der Waals surface area contributed by atoms with Gasteiger partial charge in [-0.15, -0.1) is 11.3 Å². The number of hydrogen-bond acceptors (Lipinski definition) is 7. The number of ether oxygens (including phenoxy) is 1. The van der Waals surface area contributed by atoms with Crippen molar-refractivity contribution in [1.29, 1.82) is 0 Å². The third-order valence-electron chi connectivity index (χ3n) is 5.30. The average molecular weight is 444 g/mol. The van der Waals surface area contributed by atoms with E-state index in [0.717, 1.165) is 48.7 Å². The molecule has 1 aliphatic heterocycles. The van der Waals surface area contributed by atoms with Gasteiger partial charge in [0.2, 0.25) is 0 Å². The summed E-state index contributed by atoms with van der Waals surface area (Å²) in [5.41, 5.74) is 2.64. The number of esters is 1. The molecule has 1 aromatic carbocycles. The molecule has 0 bridgehead atoms. The Labute approximate surface area is 189 Å². The minimum Gasteiger partial charge on any atom is -0.507 e. The molecule has 2 aromatic rings. The molecule has 0 atom stereocenters. The van der Waals surface area contributed by atoms with Gasteiger partial charge in [-0.05, 0) is 65.8 Å². The molecule has 6 nitrogen and oxygen atoms in total. The van der Waals surface area contributed by atoms with Crippen molar-refractivity contribution in [1.82, 2.24) is 4.90 Å². The van der Waals surface area contributed by atoms with E-state index in [2.05, 4.69) is 35.7 Å². The van der Waals surface area contributed by atoms with E-state index in [4.69, 9.17) is 4.74 Å². The van der Waals surface area contributed by atoms with E-state index in [1.54, 1.807) is 12.3 Å². The quantitative estimate of drug-likeness (QED) is 0.503. The fraction of sp³-hybridized carbons (Fsp3) is 0.500. The van der Waals surface area contributed by atoms with Crippen molar-refractivity contribution in [2.45, 2.75) is 53.2 Å². The Kier molecular flexibility index (Phi) is 7.06. The van der Waals surface area contributed by atoms with Gasteiger partial charge >= 0.3 is 5.97 Å². The Hall–Kier alpha value is -2.38. The van der Waals surface area contributed by atoms with Crippen LogP contribution in [0.15, 0.2) is 23.2 Å². The van der Waals surface area contributed by atoms with Crippen LogP contribution in [0.2, 0.25) is 0 Å². The third-order valence-corrected chi connectivity index (χ3v) is 6.42. The van der Waals surface area contributed by atoms with Gasteiger partial charge in [0.25, 0.3) is 0 Å². The van der Waals surface area contributed by atoms with Gasteiger partial charge in [0.05, 0.1) is 5.56 Å². The van der Waals surface area contributed by atoms with E-state index in [-0.39, 0.29) is 11.7 Å². The zero-order chi connectivity index (χ0) is 22.8. The van der Waals surface area contributed by atoms with E-state index in [1.165, 1.54) is 11.3 Å². The maximum atomic E-state index is 13.0. The van der Waals surface area contributed by atoms with Crippen LogP contribution in [0.1, 0.15) is 61.0 Å². The van der Waals surface area contributed by atoms with Crippen molar-refractivity contribution in [3.05, 3.63) is 39.8 Å². The molecule has 3 rings (SSSR count). The molecule has 0 fully saturated rings. The van der Waals surface area contributed by atoms with Crippen molar-refractivity contribution >= 4 is 34.2 Å². The van der Waals surface area contributed by atoms with Crippen LogP contribution in [0.5, 0.6) is 5.75 Å². The highest BCUT2D eigenvalue weighted by molar-refractivity contribution is 7.16. The van der Waals surface area contributed by atoms with Crippen molar-refractivity contribution in [2.75, 3.05) is 31.6 Å². The van der Waals surface area contributed by atoms with Crippen molar-refractivity contribution in [3.63, 3.8) is 0 Å². The maximum Gasteiger partial charge on any atom is 0.342 e. The Morgan fingerprint density at radius 1 is 1.32 bits per heavy atom. The first kappa shape index (κ1) is 23.3. The average Bonchev–Trinajstić information content (AvgIpc) is 3.04. The van der Waals surface area contributed by atoms with Crippen molar-refractivity contribution in [3.8, 4) is 5.75 Å². The zero-order valence-electron chi connectivity index (χ0n) is 19.4. The molecule has 0 spiro atoms. The summed E-state index contributed by atoms with van der Waals surface area (Å²) < 4.78 is 5.68. The van der Waals surface area contributed by atoms with Gasteiger partial charge in [0, 0.05) is 54.6 Å². The Morgan fingerprint density at radius 2 is 2.03 bits per heavy atom. The SMILES string of the molecule is CCN(CC)c1ccc(C=Nc2sc3c(c2C(=O)OC(C)(C)C)CCN(C)C3)c(O)c1. The zero-order valence-corrected chi connectivity index (χ0v) is 20.2. The molecule has 2 heterocycles. The van der Waals surface area contributed by atoms with Gasteiger partial charge in [-0.2, -0.15) is 0 Å². The molecule has 7 heteroatoms. The second-order valence-electron chi connectivity index (χ2n) is 8.85. The summed E-state index contributed by atoms with van der Waals surface area (Å²) in [4.78, 5) is 23.2. The molecule has 1 aliphatic rings. The highest BCUT2D eigenvalue weighted by Gasteiger charge is 2.30. The van der Waals surface area contributed by atoms with Gasteiger partial charge in [0.1, 0.15) is 16.4 Å². The number of aliphatic imine (C=N–C) groups is 1. The van der Waals surface area contributed by atoms with Gasteiger partial charge in [-0.25, -0.2) is 9.79 Å². The van der Waals surface area contributed by atoms with Crippen molar-refractivity contribution in [2.24, 2.45) is 4.99 Å². The number of phenolic OH excluding ortho intramolecular Hbond substituents is 1. The summed E-state index contributed by atoms with van der Waals surface area (Å²) >= 11 is 1.53. The number of carbonyl (C=O) groups excluding carboxylic acids is 1. The smallest absolute Gasteiger partial charge is 0.342 e. The summed E-state index contributed by atoms with van der Waals surface area (Å²) in [5, 5.41) is 11.2. The lowest BCUT2D eigenvalue weighted by Crippen LogP contribution is -2.28.